The zero-order valence-corrected chi connectivity index (χ0v) is 25.3. The SMILES string of the molecule is COc1ccc2ncc(CN3CCOCC3)c(C(O)CCC3(C(=O)NO)CCN(CCNc4cc(F)c(F)c(F)c4)CC3)c2c1. The molecule has 13 heteroatoms. The van der Waals surface area contributed by atoms with Gasteiger partial charge in [0.15, 0.2) is 17.5 Å². The Morgan fingerprint density at radius 1 is 1.09 bits per heavy atom. The number of aliphatic hydroxyl groups excluding tert-OH is 1. The molecule has 244 valence electrons. The van der Waals surface area contributed by atoms with E-state index in [4.69, 9.17) is 9.47 Å². The third-order valence-corrected chi connectivity index (χ3v) is 9.06. The first kappa shape index (κ1) is 32.9. The van der Waals surface area contributed by atoms with Crippen LogP contribution < -0.4 is 15.5 Å². The predicted octanol–water partition coefficient (Wildman–Crippen LogP) is 4.01. The number of hydrogen-bond acceptors (Lipinski definition) is 9. The molecule has 0 bridgehead atoms. The van der Waals surface area contributed by atoms with E-state index in [1.165, 1.54) is 0 Å². The number of rotatable bonds is 12. The van der Waals surface area contributed by atoms with Crippen molar-refractivity contribution in [2.24, 2.45) is 5.41 Å². The summed E-state index contributed by atoms with van der Waals surface area (Å²) >= 11 is 0. The summed E-state index contributed by atoms with van der Waals surface area (Å²) in [7, 11) is 1.59. The van der Waals surface area contributed by atoms with E-state index in [0.717, 1.165) is 47.3 Å². The smallest absolute Gasteiger partial charge is 0.249 e. The highest BCUT2D eigenvalue weighted by atomic mass is 19.2. The number of amides is 1. The zero-order chi connectivity index (χ0) is 32.0. The summed E-state index contributed by atoms with van der Waals surface area (Å²) in [5.41, 5.74) is 3.47. The third kappa shape index (κ3) is 7.67. The molecule has 1 aromatic heterocycles. The summed E-state index contributed by atoms with van der Waals surface area (Å²) in [5, 5.41) is 25.1. The molecule has 5 rings (SSSR count). The fourth-order valence-electron chi connectivity index (χ4n) is 6.37. The van der Waals surface area contributed by atoms with Gasteiger partial charge in [-0.15, -0.1) is 0 Å². The first-order chi connectivity index (χ1) is 21.7. The Bertz CT molecular complexity index is 1460. The van der Waals surface area contributed by atoms with Gasteiger partial charge in [-0.05, 0) is 68.1 Å². The van der Waals surface area contributed by atoms with Crippen LogP contribution in [-0.4, -0.2) is 90.6 Å². The van der Waals surface area contributed by atoms with E-state index in [0.29, 0.717) is 70.9 Å². The van der Waals surface area contributed by atoms with Crippen molar-refractivity contribution in [2.75, 3.05) is 64.9 Å². The van der Waals surface area contributed by atoms with Crippen LogP contribution in [0.2, 0.25) is 0 Å². The minimum atomic E-state index is -1.51. The largest absolute Gasteiger partial charge is 0.497 e. The average molecular weight is 632 g/mol. The van der Waals surface area contributed by atoms with E-state index in [1.807, 2.05) is 23.7 Å². The van der Waals surface area contributed by atoms with Crippen molar-refractivity contribution in [1.29, 1.82) is 0 Å². The topological polar surface area (TPSA) is 119 Å². The average Bonchev–Trinajstić information content (AvgIpc) is 3.06. The standard InChI is InChI=1S/C32H40F3N5O5/c1-44-23-2-3-27-24(18-23)29(21(19-37-27)20-40-12-14-45-15-13-40)28(41)4-5-32(31(42)38-43)6-9-39(10-7-32)11-8-36-22-16-25(33)30(35)26(34)17-22/h2-3,16-19,28,36,41,43H,4-15,20H2,1H3,(H,38,42). The number of aromatic nitrogens is 1. The van der Waals surface area contributed by atoms with Gasteiger partial charge in [-0.25, -0.2) is 18.7 Å². The number of carbonyl (C=O) groups is 1. The van der Waals surface area contributed by atoms with Gasteiger partial charge >= 0.3 is 0 Å². The maximum Gasteiger partial charge on any atom is 0.249 e. The minimum Gasteiger partial charge on any atom is -0.497 e. The van der Waals surface area contributed by atoms with Crippen LogP contribution in [0, 0.1) is 22.9 Å². The summed E-state index contributed by atoms with van der Waals surface area (Å²) in [6, 6.07) is 7.38. The van der Waals surface area contributed by atoms with Gasteiger partial charge in [0.25, 0.3) is 0 Å². The molecule has 1 unspecified atom stereocenters. The maximum atomic E-state index is 13.5. The number of pyridine rings is 1. The number of likely N-dealkylation sites (tertiary alicyclic amines) is 1. The molecule has 2 aromatic carbocycles. The Kier molecular flexibility index (Phi) is 10.8. The van der Waals surface area contributed by atoms with E-state index in [1.54, 1.807) is 13.3 Å². The molecular weight excluding hydrogens is 591 g/mol. The first-order valence-corrected chi connectivity index (χ1v) is 15.2. The molecule has 2 saturated heterocycles. The normalized spacial score (nSPS) is 18.1. The lowest BCUT2D eigenvalue weighted by atomic mass is 9.73. The van der Waals surface area contributed by atoms with Gasteiger partial charge in [-0.3, -0.25) is 19.9 Å². The molecule has 2 fully saturated rings. The number of aliphatic hydroxyl groups is 1. The van der Waals surface area contributed by atoms with Crippen LogP contribution in [0.15, 0.2) is 36.5 Å². The molecule has 45 heavy (non-hydrogen) atoms. The molecule has 3 aromatic rings. The number of methoxy groups -OCH3 is 1. The van der Waals surface area contributed by atoms with Crippen molar-refractivity contribution in [2.45, 2.75) is 38.3 Å². The quantitative estimate of drug-likeness (QED) is 0.134. The van der Waals surface area contributed by atoms with Crippen LogP contribution in [0.3, 0.4) is 0 Å². The molecule has 1 amide bonds. The molecule has 0 spiro atoms. The number of morpholine rings is 1. The molecule has 4 N–H and O–H groups in total. The van der Waals surface area contributed by atoms with E-state index in [9.17, 15) is 28.3 Å². The lowest BCUT2D eigenvalue weighted by Crippen LogP contribution is -2.49. The molecule has 2 aliphatic heterocycles. The predicted molar refractivity (Wildman–Crippen MR) is 161 cm³/mol. The lowest BCUT2D eigenvalue weighted by Gasteiger charge is -2.40. The molecule has 0 radical (unpaired) electrons. The summed E-state index contributed by atoms with van der Waals surface area (Å²) in [5.74, 6) is -3.87. The van der Waals surface area contributed by atoms with E-state index >= 15 is 0 Å². The Balaban J connectivity index is 1.27. The Hall–Kier alpha value is -3.49. The molecule has 2 aliphatic rings. The van der Waals surface area contributed by atoms with Gasteiger partial charge in [-0.1, -0.05) is 0 Å². The van der Waals surface area contributed by atoms with Crippen LogP contribution in [0.25, 0.3) is 10.9 Å². The van der Waals surface area contributed by atoms with Crippen LogP contribution in [0.1, 0.15) is 42.9 Å². The van der Waals surface area contributed by atoms with Crippen molar-refractivity contribution in [3.63, 3.8) is 0 Å². The number of piperidine rings is 1. The van der Waals surface area contributed by atoms with E-state index in [-0.39, 0.29) is 12.1 Å². The molecule has 10 nitrogen and oxygen atoms in total. The van der Waals surface area contributed by atoms with Crippen LogP contribution in [-0.2, 0) is 16.1 Å². The number of nitrogens with zero attached hydrogens (tertiary/aromatic N) is 3. The number of benzene rings is 2. The molecular formula is C32H40F3N5O5. The highest BCUT2D eigenvalue weighted by molar-refractivity contribution is 5.85. The summed E-state index contributed by atoms with van der Waals surface area (Å²) in [6.07, 6.45) is 2.41. The van der Waals surface area contributed by atoms with Crippen molar-refractivity contribution in [3.8, 4) is 5.75 Å². The number of fused-ring (bicyclic) bond motifs is 1. The van der Waals surface area contributed by atoms with Crippen molar-refractivity contribution >= 4 is 22.5 Å². The van der Waals surface area contributed by atoms with Crippen LogP contribution in [0.4, 0.5) is 18.9 Å². The molecule has 0 aliphatic carbocycles. The monoisotopic (exact) mass is 631 g/mol. The second-order valence-corrected chi connectivity index (χ2v) is 11.8. The minimum absolute atomic E-state index is 0.139. The molecule has 3 heterocycles. The zero-order valence-electron chi connectivity index (χ0n) is 25.3. The molecule has 0 saturated carbocycles. The first-order valence-electron chi connectivity index (χ1n) is 15.2. The highest BCUT2D eigenvalue weighted by Crippen LogP contribution is 2.40. The summed E-state index contributed by atoms with van der Waals surface area (Å²) < 4.78 is 51.3. The van der Waals surface area contributed by atoms with Gasteiger partial charge in [0.1, 0.15) is 5.75 Å². The second kappa shape index (κ2) is 14.7. The number of hydrogen-bond donors (Lipinski definition) is 4. The van der Waals surface area contributed by atoms with Crippen molar-refractivity contribution in [3.05, 3.63) is 65.1 Å². The Morgan fingerprint density at radius 2 is 1.80 bits per heavy atom. The summed E-state index contributed by atoms with van der Waals surface area (Å²) in [6.45, 7) is 5.37. The van der Waals surface area contributed by atoms with Gasteiger partial charge < -0.3 is 24.8 Å². The fraction of sp³-hybridized carbons (Fsp3) is 0.500. The van der Waals surface area contributed by atoms with Gasteiger partial charge in [0.2, 0.25) is 5.91 Å². The number of hydroxylamine groups is 1. The van der Waals surface area contributed by atoms with E-state index < -0.39 is 34.9 Å². The van der Waals surface area contributed by atoms with E-state index in [2.05, 4.69) is 20.1 Å². The number of halogens is 3. The Morgan fingerprint density at radius 3 is 2.47 bits per heavy atom. The number of anilines is 1. The maximum absolute atomic E-state index is 13.5. The molecule has 1 atom stereocenters. The highest BCUT2D eigenvalue weighted by Gasteiger charge is 2.41. The van der Waals surface area contributed by atoms with Gasteiger partial charge in [-0.2, -0.15) is 0 Å². The third-order valence-electron chi connectivity index (χ3n) is 9.06. The van der Waals surface area contributed by atoms with Gasteiger partial charge in [0.05, 0.1) is 37.4 Å². The van der Waals surface area contributed by atoms with Crippen molar-refractivity contribution < 1.29 is 37.8 Å². The van der Waals surface area contributed by atoms with Crippen molar-refractivity contribution in [1.82, 2.24) is 20.3 Å². The summed E-state index contributed by atoms with van der Waals surface area (Å²) in [4.78, 5) is 22.1. The van der Waals surface area contributed by atoms with Crippen LogP contribution >= 0.6 is 0 Å². The number of ether oxygens (including phenoxy) is 2. The Labute approximate surface area is 260 Å². The number of carbonyl (C=O) groups excluding carboxylic acids is 1. The number of nitrogens with one attached hydrogen (secondary N) is 2. The fourth-order valence-corrected chi connectivity index (χ4v) is 6.37. The lowest BCUT2D eigenvalue weighted by molar-refractivity contribution is -0.143. The second-order valence-electron chi connectivity index (χ2n) is 11.8. The van der Waals surface area contributed by atoms with Gasteiger partial charge in [0, 0.05) is 62.1 Å². The van der Waals surface area contributed by atoms with Crippen LogP contribution in [0.5, 0.6) is 5.75 Å².